The molecule has 0 spiro atoms. The molecular formula is C4H4F2LiN2O9P. The van der Waals surface area contributed by atoms with Crippen molar-refractivity contribution in [2.45, 2.75) is 0 Å². The van der Waals surface area contributed by atoms with Crippen LogP contribution in [0.2, 0.25) is 0 Å². The Hall–Kier alpha value is -1.53. The summed E-state index contributed by atoms with van der Waals surface area (Å²) in [6.07, 6.45) is 1.65. The zero-order chi connectivity index (χ0) is 14.8. The van der Waals surface area contributed by atoms with Crippen LogP contribution in [-0.2, 0) is 28.9 Å². The van der Waals surface area contributed by atoms with Crippen molar-refractivity contribution in [2.75, 3.05) is 0 Å². The Morgan fingerprint density at radius 1 is 1.00 bits per heavy atom. The Balaban J connectivity index is -0.000000139. The molecule has 0 bridgehead atoms. The van der Waals surface area contributed by atoms with E-state index in [0.29, 0.717) is 0 Å². The molecule has 0 aromatic rings. The molecule has 15 heteroatoms. The summed E-state index contributed by atoms with van der Waals surface area (Å²) in [5.74, 6) is -3.20. The molecule has 0 saturated carbocycles. The number of rotatable bonds is 2. The summed E-state index contributed by atoms with van der Waals surface area (Å²) in [6, 6.07) is 0. The first-order chi connectivity index (χ1) is 7.95. The van der Waals surface area contributed by atoms with Crippen LogP contribution >= 0.6 is 7.91 Å². The Labute approximate surface area is 115 Å². The predicted octanol–water partition coefficient (Wildman–Crippen LogP) is -4.28. The maximum atomic E-state index is 10.5. The van der Waals surface area contributed by atoms with Crippen LogP contribution in [0.15, 0.2) is 10.3 Å². The first-order valence-electron chi connectivity index (χ1n) is 3.23. The minimum Gasteiger partial charge on any atom is -1.00 e. The van der Waals surface area contributed by atoms with Crippen molar-refractivity contribution < 1.29 is 72.2 Å². The van der Waals surface area contributed by atoms with Crippen LogP contribution in [0.25, 0.3) is 0 Å². The molecule has 0 unspecified atom stereocenters. The first-order valence-corrected chi connectivity index (χ1v) is 5.10. The molecule has 0 saturated heterocycles. The molecule has 0 fully saturated rings. The topological polar surface area (TPSA) is 172 Å². The van der Waals surface area contributed by atoms with Gasteiger partial charge in [-0.1, -0.05) is 0 Å². The van der Waals surface area contributed by atoms with Gasteiger partial charge in [0.2, 0.25) is 0 Å². The van der Waals surface area contributed by atoms with Gasteiger partial charge in [-0.05, 0) is 0 Å². The molecule has 0 rings (SSSR count). The quantitative estimate of drug-likeness (QED) is 0.0867. The average Bonchev–Trinajstić information content (AvgIpc) is 2.18. The van der Waals surface area contributed by atoms with Gasteiger partial charge >= 0.3 is 61.8 Å². The van der Waals surface area contributed by atoms with E-state index in [1.54, 1.807) is 0 Å². The van der Waals surface area contributed by atoms with Gasteiger partial charge < -0.3 is 1.43 Å². The van der Waals surface area contributed by atoms with E-state index in [4.69, 9.17) is 14.7 Å². The number of hydrogen-bond acceptors (Lipinski definition) is 11. The molecule has 104 valence electrons. The number of carbonyl (C=O) groups excluding carboxylic acids is 4. The second-order valence-electron chi connectivity index (χ2n) is 1.91. The number of nitrogens with zero attached hydrogens (tertiary/aromatic N) is 2. The van der Waals surface area contributed by atoms with Crippen molar-refractivity contribution in [3.8, 4) is 0 Å². The number of hydrogen-bond donors (Lipinski definition) is 3. The maximum absolute atomic E-state index is 10.5. The summed E-state index contributed by atoms with van der Waals surface area (Å²) in [6.45, 7) is 0. The van der Waals surface area contributed by atoms with Crippen LogP contribution in [0, 0.1) is 0 Å². The third kappa shape index (κ3) is 31.5. The summed E-state index contributed by atoms with van der Waals surface area (Å²) in [5.41, 5.74) is 0. The van der Waals surface area contributed by atoms with Crippen molar-refractivity contribution >= 4 is 32.0 Å². The van der Waals surface area contributed by atoms with Gasteiger partial charge in [0.05, 0.1) is 0 Å². The standard InChI is InChI=1S/C4N2O6.F2H3O3P.Li.H/c7-1-5-11-3(9)4(10)12-6-2-8;1-6(2,3,4)5;;/h;3-5H;;/q;;+1;-1. The third-order valence-electron chi connectivity index (χ3n) is 0.498. The van der Waals surface area contributed by atoms with Gasteiger partial charge in [-0.2, -0.15) is 0 Å². The Bertz CT molecular complexity index is 380. The van der Waals surface area contributed by atoms with Crippen LogP contribution in [0.1, 0.15) is 1.43 Å². The molecular weight excluding hydrogens is 296 g/mol. The molecule has 0 atom stereocenters. The number of isocyanates is 2. The molecule has 0 aromatic carbocycles. The molecule has 0 aliphatic rings. The van der Waals surface area contributed by atoms with Crippen LogP contribution in [0.3, 0.4) is 0 Å². The van der Waals surface area contributed by atoms with Crippen LogP contribution < -0.4 is 18.9 Å². The van der Waals surface area contributed by atoms with Crippen molar-refractivity contribution in [1.29, 1.82) is 0 Å². The minimum absolute atomic E-state index is 0. The second kappa shape index (κ2) is 9.40. The van der Waals surface area contributed by atoms with E-state index in [2.05, 4.69) is 20.0 Å². The molecule has 0 radical (unpaired) electrons. The third-order valence-corrected chi connectivity index (χ3v) is 0.498. The van der Waals surface area contributed by atoms with E-state index in [9.17, 15) is 27.6 Å². The molecule has 0 aliphatic heterocycles. The second-order valence-corrected chi connectivity index (χ2v) is 3.48. The van der Waals surface area contributed by atoms with Crippen molar-refractivity contribution in [3.63, 3.8) is 0 Å². The molecule has 3 N–H and O–H groups in total. The largest absolute Gasteiger partial charge is 1.00 e. The fraction of sp³-hybridized carbons (Fsp3) is 0. The van der Waals surface area contributed by atoms with Crippen molar-refractivity contribution in [3.05, 3.63) is 0 Å². The molecule has 0 aromatic heterocycles. The van der Waals surface area contributed by atoms with E-state index in [1.807, 2.05) is 0 Å². The summed E-state index contributed by atoms with van der Waals surface area (Å²) < 4.78 is 21.0. The summed E-state index contributed by atoms with van der Waals surface area (Å²) >= 11 is 0. The van der Waals surface area contributed by atoms with Crippen LogP contribution in [0.5, 0.6) is 0 Å². The molecule has 11 nitrogen and oxygen atoms in total. The molecule has 0 amide bonds. The van der Waals surface area contributed by atoms with Gasteiger partial charge in [-0.25, -0.2) is 19.2 Å². The van der Waals surface area contributed by atoms with Crippen LogP contribution in [-0.4, -0.2) is 38.8 Å². The van der Waals surface area contributed by atoms with Gasteiger partial charge in [0.15, 0.2) is 0 Å². The zero-order valence-corrected chi connectivity index (χ0v) is 9.78. The van der Waals surface area contributed by atoms with Gasteiger partial charge in [0.1, 0.15) is 0 Å². The first kappa shape index (κ1) is 22.6. The SMILES string of the molecule is O=C=NOC(=O)C(=O)ON=C=O.OP(O)(O)(F)F.[H-].[Li+]. The Morgan fingerprint density at radius 2 is 1.21 bits per heavy atom. The van der Waals surface area contributed by atoms with Gasteiger partial charge in [-0.3, -0.25) is 9.68 Å². The van der Waals surface area contributed by atoms with E-state index in [0.717, 1.165) is 12.2 Å². The number of halogens is 2. The van der Waals surface area contributed by atoms with Gasteiger partial charge in [-0.15, -0.1) is 0 Å². The minimum atomic E-state index is -7.05. The van der Waals surface area contributed by atoms with E-state index >= 15 is 0 Å². The molecule has 0 heterocycles. The van der Waals surface area contributed by atoms with Crippen LogP contribution in [0.4, 0.5) is 8.39 Å². The van der Waals surface area contributed by atoms with Crippen molar-refractivity contribution in [2.24, 2.45) is 10.3 Å². The Kier molecular flexibility index (Phi) is 11.2. The summed E-state index contributed by atoms with van der Waals surface area (Å²) in [7, 11) is -7.05. The van der Waals surface area contributed by atoms with E-state index in [-0.39, 0.29) is 20.3 Å². The normalized spacial score (nSPS) is 10.5. The molecule has 19 heavy (non-hydrogen) atoms. The fourth-order valence-corrected chi connectivity index (χ4v) is 0.195. The maximum Gasteiger partial charge on any atom is 1.00 e. The Morgan fingerprint density at radius 3 is 1.37 bits per heavy atom. The summed E-state index contributed by atoms with van der Waals surface area (Å²) in [4.78, 5) is 67.0. The fourth-order valence-electron chi connectivity index (χ4n) is 0.195. The average molecular weight is 300 g/mol. The van der Waals surface area contributed by atoms with E-state index in [1.165, 1.54) is 0 Å². The van der Waals surface area contributed by atoms with E-state index < -0.39 is 19.8 Å². The van der Waals surface area contributed by atoms with Gasteiger partial charge in [0.25, 0.3) is 12.2 Å². The smallest absolute Gasteiger partial charge is 1.00 e. The monoisotopic (exact) mass is 300 g/mol. The zero-order valence-electron chi connectivity index (χ0n) is 9.89. The molecule has 0 aliphatic carbocycles. The van der Waals surface area contributed by atoms with Crippen molar-refractivity contribution in [1.82, 2.24) is 0 Å². The summed E-state index contributed by atoms with van der Waals surface area (Å²) in [5, 5.41) is 4.61. The number of carbonyl (C=O) groups is 2. The predicted molar refractivity (Wildman–Crippen MR) is 45.3 cm³/mol. The van der Waals surface area contributed by atoms with Gasteiger partial charge in [0, 0.05) is 10.3 Å².